The second kappa shape index (κ2) is 6.22. The molecule has 0 aliphatic heterocycles. The van der Waals surface area contributed by atoms with Crippen LogP contribution in [0.3, 0.4) is 0 Å². The zero-order valence-corrected chi connectivity index (χ0v) is 10.1. The van der Waals surface area contributed by atoms with E-state index in [-0.39, 0.29) is 20.3 Å². The fourth-order valence-electron chi connectivity index (χ4n) is 0.896. The molecule has 0 amide bonds. The van der Waals surface area contributed by atoms with E-state index in [1.54, 1.807) is 31.2 Å². The molecule has 1 aromatic carbocycles. The molecule has 0 fully saturated rings. The van der Waals surface area contributed by atoms with Crippen molar-refractivity contribution in [2.75, 3.05) is 0 Å². The van der Waals surface area contributed by atoms with Crippen LogP contribution in [-0.2, 0) is 10.1 Å². The fourth-order valence-corrected chi connectivity index (χ4v) is 1.85. The first-order valence-corrected chi connectivity index (χ1v) is 6.01. The number of para-hydroxylation sites is 1. The summed E-state index contributed by atoms with van der Waals surface area (Å²) in [6, 6.07) is 8.53. The first-order chi connectivity index (χ1) is 6.56. The van der Waals surface area contributed by atoms with E-state index in [0.29, 0.717) is 12.2 Å². The molecule has 3 nitrogen and oxygen atoms in total. The first kappa shape index (κ1) is 14.6. The molecule has 0 bridgehead atoms. The van der Waals surface area contributed by atoms with Gasteiger partial charge in [-0.25, -0.2) is 0 Å². The molecule has 0 saturated carbocycles. The fraction of sp³-hybridized carbons (Fsp3) is 0.400. The van der Waals surface area contributed by atoms with Gasteiger partial charge in [0.1, 0.15) is 5.75 Å². The van der Waals surface area contributed by atoms with Gasteiger partial charge in [-0.05, 0) is 25.5 Å². The van der Waals surface area contributed by atoms with Crippen LogP contribution in [0.2, 0.25) is 0 Å². The van der Waals surface area contributed by atoms with Crippen LogP contribution >= 0.6 is 0 Å². The Morgan fingerprint density at radius 3 is 2.33 bits per heavy atom. The zero-order chi connectivity index (χ0) is 10.6. The first-order valence-electron chi connectivity index (χ1n) is 4.54. The molecule has 1 aromatic rings. The molecule has 1 atom stereocenters. The number of hydrogen-bond donors (Lipinski definition) is 0. The normalized spacial score (nSPS) is 12.7. The molecule has 0 saturated heterocycles. The summed E-state index contributed by atoms with van der Waals surface area (Å²) in [6.07, 6.45) is 0.551. The number of hydrogen-bond acceptors (Lipinski definition) is 3. The third-order valence-electron chi connectivity index (χ3n) is 2.02. The SMILES string of the molecule is CCC(C)S(=O)(=O)Oc1ccccc1.[H-].[Li+]. The van der Waals surface area contributed by atoms with Gasteiger partial charge in [0, 0.05) is 0 Å². The van der Waals surface area contributed by atoms with Gasteiger partial charge in [-0.3, -0.25) is 0 Å². The van der Waals surface area contributed by atoms with Crippen molar-refractivity contribution in [3.8, 4) is 5.75 Å². The minimum absolute atomic E-state index is 0. The average molecular weight is 222 g/mol. The van der Waals surface area contributed by atoms with E-state index in [9.17, 15) is 8.42 Å². The predicted octanol–water partition coefficient (Wildman–Crippen LogP) is -0.690. The maximum Gasteiger partial charge on any atom is 1.00 e. The van der Waals surface area contributed by atoms with Crippen molar-refractivity contribution >= 4 is 10.1 Å². The van der Waals surface area contributed by atoms with Crippen LogP contribution in [0.25, 0.3) is 0 Å². The maximum atomic E-state index is 11.5. The largest absolute Gasteiger partial charge is 1.00 e. The van der Waals surface area contributed by atoms with Gasteiger partial charge < -0.3 is 5.61 Å². The molecule has 0 heterocycles. The van der Waals surface area contributed by atoms with Crippen molar-refractivity contribution in [2.45, 2.75) is 25.5 Å². The molecule has 1 unspecified atom stereocenters. The quantitative estimate of drug-likeness (QED) is 0.500. The summed E-state index contributed by atoms with van der Waals surface area (Å²) in [5, 5.41) is -0.470. The van der Waals surface area contributed by atoms with Gasteiger partial charge in [0.2, 0.25) is 0 Å². The number of benzene rings is 1. The predicted molar refractivity (Wildman–Crippen MR) is 56.9 cm³/mol. The van der Waals surface area contributed by atoms with Crippen LogP contribution in [-0.4, -0.2) is 13.7 Å². The van der Waals surface area contributed by atoms with E-state index in [4.69, 9.17) is 4.18 Å². The molecule has 1 rings (SSSR count). The van der Waals surface area contributed by atoms with Gasteiger partial charge in [-0.1, -0.05) is 25.1 Å². The van der Waals surface area contributed by atoms with Gasteiger partial charge in [-0.15, -0.1) is 0 Å². The summed E-state index contributed by atoms with van der Waals surface area (Å²) in [5.41, 5.74) is 0. The summed E-state index contributed by atoms with van der Waals surface area (Å²) >= 11 is 0. The monoisotopic (exact) mass is 222 g/mol. The van der Waals surface area contributed by atoms with Crippen molar-refractivity contribution in [1.82, 2.24) is 0 Å². The van der Waals surface area contributed by atoms with Crippen LogP contribution in [0.4, 0.5) is 0 Å². The minimum atomic E-state index is -3.46. The van der Waals surface area contributed by atoms with Gasteiger partial charge in [0.05, 0.1) is 5.25 Å². The molecule has 0 aliphatic rings. The summed E-state index contributed by atoms with van der Waals surface area (Å²) in [4.78, 5) is 0. The molecule has 5 heteroatoms. The molecule has 0 aromatic heterocycles. The molecule has 0 spiro atoms. The van der Waals surface area contributed by atoms with Crippen molar-refractivity contribution in [1.29, 1.82) is 0 Å². The van der Waals surface area contributed by atoms with Crippen molar-refractivity contribution in [3.05, 3.63) is 30.3 Å². The Morgan fingerprint density at radius 1 is 1.33 bits per heavy atom. The van der Waals surface area contributed by atoms with E-state index in [1.165, 1.54) is 0 Å². The Bertz CT molecular complexity index is 380. The third-order valence-corrected chi connectivity index (χ3v) is 3.77. The molecule has 0 aliphatic carbocycles. The van der Waals surface area contributed by atoms with Crippen LogP contribution in [0.1, 0.15) is 21.7 Å². The van der Waals surface area contributed by atoms with E-state index in [2.05, 4.69) is 0 Å². The minimum Gasteiger partial charge on any atom is -1.00 e. The van der Waals surface area contributed by atoms with Gasteiger partial charge in [-0.2, -0.15) is 8.42 Å². The Labute approximate surface area is 105 Å². The topological polar surface area (TPSA) is 43.4 Å². The van der Waals surface area contributed by atoms with Gasteiger partial charge in [0.25, 0.3) is 0 Å². The molecule has 0 radical (unpaired) electrons. The zero-order valence-electron chi connectivity index (χ0n) is 10.3. The summed E-state index contributed by atoms with van der Waals surface area (Å²) in [6.45, 7) is 3.45. The van der Waals surface area contributed by atoms with E-state index >= 15 is 0 Å². The Balaban J connectivity index is 0. The van der Waals surface area contributed by atoms with E-state index in [0.717, 1.165) is 0 Å². The van der Waals surface area contributed by atoms with Crippen LogP contribution in [0.5, 0.6) is 5.75 Å². The van der Waals surface area contributed by atoms with E-state index < -0.39 is 15.4 Å². The average Bonchev–Trinajstić information content (AvgIpc) is 2.17. The summed E-state index contributed by atoms with van der Waals surface area (Å²) < 4.78 is 27.9. The summed E-state index contributed by atoms with van der Waals surface area (Å²) in [5.74, 6) is 0.368. The molecule has 0 N–H and O–H groups in total. The molecule has 80 valence electrons. The van der Waals surface area contributed by atoms with Crippen LogP contribution in [0.15, 0.2) is 30.3 Å². The maximum absolute atomic E-state index is 11.5. The standard InChI is InChI=1S/C10H14O3S.Li.H/c1-3-9(2)14(11,12)13-10-7-5-4-6-8-10;;/h4-9H,3H2,1-2H3;;/q;+1;-1. The Kier molecular flexibility index (Phi) is 6.04. The second-order valence-corrected chi connectivity index (χ2v) is 5.07. The van der Waals surface area contributed by atoms with E-state index in [1.807, 2.05) is 13.0 Å². The molecular weight excluding hydrogens is 207 g/mol. The van der Waals surface area contributed by atoms with Crippen molar-refractivity contribution < 1.29 is 32.9 Å². The molecular formula is C10H15LiO3S. The van der Waals surface area contributed by atoms with Gasteiger partial charge >= 0.3 is 29.0 Å². The second-order valence-electron chi connectivity index (χ2n) is 3.11. The smallest absolute Gasteiger partial charge is 1.00 e. The number of rotatable bonds is 4. The van der Waals surface area contributed by atoms with Crippen molar-refractivity contribution in [3.63, 3.8) is 0 Å². The summed E-state index contributed by atoms with van der Waals surface area (Å²) in [7, 11) is -3.46. The van der Waals surface area contributed by atoms with Crippen LogP contribution in [0, 0.1) is 0 Å². The van der Waals surface area contributed by atoms with Gasteiger partial charge in [0.15, 0.2) is 0 Å². The third kappa shape index (κ3) is 4.29. The molecule has 15 heavy (non-hydrogen) atoms. The Hall–Kier alpha value is -0.433. The van der Waals surface area contributed by atoms with Crippen molar-refractivity contribution in [2.24, 2.45) is 0 Å². The Morgan fingerprint density at radius 2 is 1.87 bits per heavy atom. The van der Waals surface area contributed by atoms with Crippen LogP contribution < -0.4 is 23.0 Å².